The Morgan fingerprint density at radius 1 is 1.25 bits per heavy atom. The predicted molar refractivity (Wildman–Crippen MR) is 89.0 cm³/mol. The second kappa shape index (κ2) is 6.78. The predicted octanol–water partition coefficient (Wildman–Crippen LogP) is 3.10. The summed E-state index contributed by atoms with van der Waals surface area (Å²) < 4.78 is 74.3. The number of fused-ring (bicyclic) bond motifs is 1. The highest BCUT2D eigenvalue weighted by molar-refractivity contribution is 5.29. The van der Waals surface area contributed by atoms with Gasteiger partial charge >= 0.3 is 6.18 Å². The van der Waals surface area contributed by atoms with Crippen LogP contribution in [0.5, 0.6) is 0 Å². The highest BCUT2D eigenvalue weighted by atomic mass is 19.4. The average Bonchev–Trinajstić information content (AvgIpc) is 3.18. The van der Waals surface area contributed by atoms with E-state index < -0.39 is 42.1 Å². The second-order valence-corrected chi connectivity index (χ2v) is 7.33. The third-order valence-electron chi connectivity index (χ3n) is 5.48. The lowest BCUT2D eigenvalue weighted by Crippen LogP contribution is -2.58. The van der Waals surface area contributed by atoms with Gasteiger partial charge in [-0.3, -0.25) is 10.00 Å². The Labute approximate surface area is 157 Å². The molecule has 1 aromatic heterocycles. The fourth-order valence-corrected chi connectivity index (χ4v) is 4.08. The molecule has 4 atom stereocenters. The normalized spacial score (nSPS) is 28.5. The molecule has 0 bridgehead atoms. The van der Waals surface area contributed by atoms with Crippen LogP contribution >= 0.6 is 0 Å². The number of rotatable bonds is 2. The lowest BCUT2D eigenvalue weighted by atomic mass is 9.89. The molecule has 10 heteroatoms. The number of hydrogen-bond acceptors (Lipinski definition) is 4. The van der Waals surface area contributed by atoms with Crippen LogP contribution in [0.15, 0.2) is 18.2 Å². The molecule has 3 N–H and O–H groups in total. The molecule has 1 aromatic carbocycles. The first kappa shape index (κ1) is 19.3. The number of aryl methyl sites for hydroxylation is 1. The maximum Gasteiger partial charge on any atom is 0.416 e. The van der Waals surface area contributed by atoms with Crippen molar-refractivity contribution in [2.24, 2.45) is 5.73 Å². The molecule has 28 heavy (non-hydrogen) atoms. The van der Waals surface area contributed by atoms with E-state index in [2.05, 4.69) is 10.2 Å². The molecule has 0 aliphatic carbocycles. The summed E-state index contributed by atoms with van der Waals surface area (Å²) in [4.78, 5) is 1.63. The molecular weight excluding hydrogens is 383 g/mol. The lowest BCUT2D eigenvalue weighted by molar-refractivity contribution is -0.269. The molecule has 0 radical (unpaired) electrons. The minimum atomic E-state index is -4.69. The molecule has 5 nitrogen and oxygen atoms in total. The van der Waals surface area contributed by atoms with Crippen LogP contribution in [0.25, 0.3) is 0 Å². The molecule has 152 valence electrons. The molecule has 3 heterocycles. The number of alkyl halides is 3. The molecule has 1 fully saturated rings. The maximum atomic E-state index is 14.1. The molecule has 2 aromatic rings. The summed E-state index contributed by atoms with van der Waals surface area (Å²) in [6.45, 7) is 2.35. The SMILES string of the molecule is Cc1[nH]nc2c1CN(C1CC(N)[C@@H](c3cc(F)ccc3F)OC1C(F)(F)F)C2. The van der Waals surface area contributed by atoms with Gasteiger partial charge < -0.3 is 10.5 Å². The number of nitrogens with two attached hydrogens (primary N) is 1. The standard InChI is InChI=1S/C18H19F5N4O/c1-8-11-6-27(7-14(11)26-25-8)15-5-13(24)16(28-17(15)18(21,22)23)10-4-9(19)2-3-12(10)20/h2-4,13,15-17H,5-7,24H2,1H3,(H,25,26)/t13?,15?,16-,17?/m1/s1. The monoisotopic (exact) mass is 402 g/mol. The molecule has 0 spiro atoms. The number of benzene rings is 1. The minimum absolute atomic E-state index is 0.0716. The Morgan fingerprint density at radius 2 is 2.00 bits per heavy atom. The first-order valence-corrected chi connectivity index (χ1v) is 8.84. The fourth-order valence-electron chi connectivity index (χ4n) is 4.08. The smallest absolute Gasteiger partial charge is 0.357 e. The number of ether oxygens (including phenoxy) is 1. The average molecular weight is 402 g/mol. The summed E-state index contributed by atoms with van der Waals surface area (Å²) in [5, 5.41) is 6.94. The highest BCUT2D eigenvalue weighted by Crippen LogP contribution is 2.42. The van der Waals surface area contributed by atoms with Gasteiger partial charge in [-0.25, -0.2) is 8.78 Å². The van der Waals surface area contributed by atoms with Gasteiger partial charge in [0.2, 0.25) is 0 Å². The van der Waals surface area contributed by atoms with Gasteiger partial charge in [-0.1, -0.05) is 0 Å². The molecule has 0 amide bonds. The van der Waals surface area contributed by atoms with Crippen molar-refractivity contribution in [2.45, 2.75) is 56.9 Å². The first-order chi connectivity index (χ1) is 13.1. The molecule has 4 rings (SSSR count). The fraction of sp³-hybridized carbons (Fsp3) is 0.500. The van der Waals surface area contributed by atoms with Crippen LogP contribution in [-0.4, -0.2) is 39.5 Å². The molecule has 2 aliphatic heterocycles. The zero-order chi connectivity index (χ0) is 20.2. The van der Waals surface area contributed by atoms with Crippen LogP contribution in [0, 0.1) is 18.6 Å². The maximum absolute atomic E-state index is 14.1. The van der Waals surface area contributed by atoms with Crippen molar-refractivity contribution < 1.29 is 26.7 Å². The van der Waals surface area contributed by atoms with Crippen LogP contribution in [0.4, 0.5) is 22.0 Å². The summed E-state index contributed by atoms with van der Waals surface area (Å²) in [5.74, 6) is -1.61. The number of nitrogens with one attached hydrogen (secondary N) is 1. The molecular formula is C18H19F5N4O. The van der Waals surface area contributed by atoms with E-state index >= 15 is 0 Å². The molecule has 3 unspecified atom stereocenters. The molecule has 0 saturated carbocycles. The van der Waals surface area contributed by atoms with Gasteiger partial charge in [0.05, 0.1) is 5.69 Å². The van der Waals surface area contributed by atoms with Crippen LogP contribution in [0.2, 0.25) is 0 Å². The Hall–Kier alpha value is -2.04. The summed E-state index contributed by atoms with van der Waals surface area (Å²) >= 11 is 0. The summed E-state index contributed by atoms with van der Waals surface area (Å²) in [5.41, 5.74) is 8.15. The van der Waals surface area contributed by atoms with E-state index in [1.54, 1.807) is 4.90 Å². The zero-order valence-corrected chi connectivity index (χ0v) is 14.9. The van der Waals surface area contributed by atoms with Crippen LogP contribution < -0.4 is 5.73 Å². The zero-order valence-electron chi connectivity index (χ0n) is 14.9. The summed E-state index contributed by atoms with van der Waals surface area (Å²) in [6, 6.07) is 0.622. The number of aromatic amines is 1. The van der Waals surface area contributed by atoms with E-state index in [9.17, 15) is 22.0 Å². The van der Waals surface area contributed by atoms with Crippen LogP contribution in [0.3, 0.4) is 0 Å². The Bertz CT molecular complexity index is 883. The minimum Gasteiger partial charge on any atom is -0.357 e. The van der Waals surface area contributed by atoms with Crippen molar-refractivity contribution in [3.8, 4) is 0 Å². The van der Waals surface area contributed by atoms with Gasteiger partial charge in [-0.15, -0.1) is 0 Å². The van der Waals surface area contributed by atoms with E-state index in [0.29, 0.717) is 12.2 Å². The van der Waals surface area contributed by atoms with Crippen molar-refractivity contribution in [3.05, 3.63) is 52.3 Å². The van der Waals surface area contributed by atoms with Crippen LogP contribution in [0.1, 0.15) is 35.0 Å². The van der Waals surface area contributed by atoms with E-state index in [4.69, 9.17) is 10.5 Å². The summed E-state index contributed by atoms with van der Waals surface area (Å²) in [7, 11) is 0. The quantitative estimate of drug-likeness (QED) is 0.758. The number of aromatic nitrogens is 2. The lowest BCUT2D eigenvalue weighted by Gasteiger charge is -2.44. The third-order valence-corrected chi connectivity index (χ3v) is 5.48. The van der Waals surface area contributed by atoms with Crippen molar-refractivity contribution in [1.82, 2.24) is 15.1 Å². The van der Waals surface area contributed by atoms with E-state index in [-0.39, 0.29) is 18.5 Å². The van der Waals surface area contributed by atoms with Gasteiger partial charge in [0.1, 0.15) is 17.7 Å². The summed E-state index contributed by atoms with van der Waals surface area (Å²) in [6.07, 6.45) is -8.32. The van der Waals surface area contributed by atoms with E-state index in [1.165, 1.54) is 0 Å². The second-order valence-electron chi connectivity index (χ2n) is 7.33. The van der Waals surface area contributed by atoms with Crippen molar-refractivity contribution in [2.75, 3.05) is 0 Å². The molecule has 2 aliphatic rings. The van der Waals surface area contributed by atoms with Gasteiger partial charge in [0.25, 0.3) is 0 Å². The van der Waals surface area contributed by atoms with Gasteiger partial charge in [0, 0.05) is 42.0 Å². The van der Waals surface area contributed by atoms with Crippen molar-refractivity contribution in [1.29, 1.82) is 0 Å². The number of nitrogens with zero attached hydrogens (tertiary/aromatic N) is 2. The van der Waals surface area contributed by atoms with Crippen LogP contribution in [-0.2, 0) is 17.8 Å². The van der Waals surface area contributed by atoms with Gasteiger partial charge in [-0.2, -0.15) is 18.3 Å². The third kappa shape index (κ3) is 3.29. The highest BCUT2D eigenvalue weighted by Gasteiger charge is 2.54. The van der Waals surface area contributed by atoms with Crippen molar-refractivity contribution >= 4 is 0 Å². The Kier molecular flexibility index (Phi) is 4.67. The topological polar surface area (TPSA) is 67.2 Å². The Balaban J connectivity index is 1.62. The number of H-pyrrole nitrogens is 1. The van der Waals surface area contributed by atoms with E-state index in [0.717, 1.165) is 29.5 Å². The van der Waals surface area contributed by atoms with Crippen molar-refractivity contribution in [3.63, 3.8) is 0 Å². The first-order valence-electron chi connectivity index (χ1n) is 8.84. The van der Waals surface area contributed by atoms with Gasteiger partial charge in [0.15, 0.2) is 6.10 Å². The molecule has 1 saturated heterocycles. The number of hydrogen-bond donors (Lipinski definition) is 2. The van der Waals surface area contributed by atoms with Gasteiger partial charge in [-0.05, 0) is 31.5 Å². The van der Waals surface area contributed by atoms with E-state index in [1.807, 2.05) is 6.92 Å². The largest absolute Gasteiger partial charge is 0.416 e. The Morgan fingerprint density at radius 3 is 2.68 bits per heavy atom. The number of halogens is 5.